The normalized spacial score (nSPS) is 11.3. The van der Waals surface area contributed by atoms with Crippen LogP contribution in [0.25, 0.3) is 0 Å². The van der Waals surface area contributed by atoms with E-state index in [9.17, 15) is 14.4 Å². The maximum atomic E-state index is 14.5. The Bertz CT molecular complexity index is 1620. The third kappa shape index (κ3) is 6.52. The molecule has 0 unspecified atom stereocenters. The summed E-state index contributed by atoms with van der Waals surface area (Å²) < 4.78 is 26.5. The van der Waals surface area contributed by atoms with Gasteiger partial charge in [0.1, 0.15) is 16.7 Å². The van der Waals surface area contributed by atoms with E-state index in [2.05, 4.69) is 9.69 Å². The zero-order valence-electron chi connectivity index (χ0n) is 24.7. The SMILES string of the molecule is CCOc1ccccc1N(C(=O)c1snc(C(N)=O)c1N)[C@H](C(=O)NCc1ccccc1)c1cc(OC)c(OC)c(OC)c1. The fourth-order valence-corrected chi connectivity index (χ4v) is 5.34. The number of aromatic nitrogens is 1. The van der Waals surface area contributed by atoms with E-state index in [0.29, 0.717) is 28.6 Å². The van der Waals surface area contributed by atoms with Crippen LogP contribution in [0, 0.1) is 0 Å². The van der Waals surface area contributed by atoms with Crippen LogP contribution in [0.3, 0.4) is 0 Å². The molecule has 4 aromatic rings. The van der Waals surface area contributed by atoms with Gasteiger partial charge >= 0.3 is 0 Å². The van der Waals surface area contributed by atoms with Crippen LogP contribution in [0.4, 0.5) is 11.4 Å². The first kappa shape index (κ1) is 31.6. The maximum absolute atomic E-state index is 14.5. The van der Waals surface area contributed by atoms with Gasteiger partial charge in [-0.1, -0.05) is 42.5 Å². The molecule has 1 aromatic heterocycles. The van der Waals surface area contributed by atoms with Gasteiger partial charge in [0.05, 0.1) is 39.3 Å². The number of amides is 3. The number of nitrogen functional groups attached to an aromatic ring is 1. The number of anilines is 2. The average molecular weight is 620 g/mol. The Hall–Kier alpha value is -5.30. The Labute approximate surface area is 258 Å². The number of nitrogens with zero attached hydrogens (tertiary/aromatic N) is 2. The van der Waals surface area contributed by atoms with E-state index in [1.807, 2.05) is 30.3 Å². The Morgan fingerprint density at radius 2 is 1.57 bits per heavy atom. The summed E-state index contributed by atoms with van der Waals surface area (Å²) in [5.41, 5.74) is 12.6. The number of carbonyl (C=O) groups is 3. The molecule has 0 aliphatic carbocycles. The van der Waals surface area contributed by atoms with Gasteiger partial charge in [-0.25, -0.2) is 0 Å². The van der Waals surface area contributed by atoms with Gasteiger partial charge in [-0.2, -0.15) is 4.37 Å². The van der Waals surface area contributed by atoms with Gasteiger partial charge in [0, 0.05) is 6.54 Å². The van der Waals surface area contributed by atoms with Crippen molar-refractivity contribution in [1.82, 2.24) is 9.69 Å². The summed E-state index contributed by atoms with van der Waals surface area (Å²) in [5.74, 6) is -0.986. The zero-order chi connectivity index (χ0) is 31.8. The second kappa shape index (κ2) is 14.2. The smallest absolute Gasteiger partial charge is 0.273 e. The monoisotopic (exact) mass is 619 g/mol. The highest BCUT2D eigenvalue weighted by Gasteiger charge is 2.38. The number of hydrogen-bond acceptors (Lipinski definition) is 10. The summed E-state index contributed by atoms with van der Waals surface area (Å²) in [6.07, 6.45) is 0. The number of methoxy groups -OCH3 is 3. The molecule has 1 heterocycles. The van der Waals surface area contributed by atoms with Crippen molar-refractivity contribution in [2.24, 2.45) is 5.73 Å². The van der Waals surface area contributed by atoms with Crippen LogP contribution in [0.2, 0.25) is 0 Å². The summed E-state index contributed by atoms with van der Waals surface area (Å²) in [7, 11) is 4.35. The molecule has 0 spiro atoms. The summed E-state index contributed by atoms with van der Waals surface area (Å²) in [5, 5.41) is 2.94. The minimum atomic E-state index is -1.33. The van der Waals surface area contributed by atoms with Crippen molar-refractivity contribution in [3.63, 3.8) is 0 Å². The lowest BCUT2D eigenvalue weighted by Gasteiger charge is -2.32. The molecular formula is C31H33N5O7S. The molecule has 0 bridgehead atoms. The van der Waals surface area contributed by atoms with Gasteiger partial charge in [-0.15, -0.1) is 0 Å². The van der Waals surface area contributed by atoms with E-state index >= 15 is 0 Å². The molecule has 13 heteroatoms. The van der Waals surface area contributed by atoms with Crippen LogP contribution >= 0.6 is 11.5 Å². The largest absolute Gasteiger partial charge is 0.493 e. The summed E-state index contributed by atoms with van der Waals surface area (Å²) in [6, 6.07) is 17.9. The number of rotatable bonds is 13. The van der Waals surface area contributed by atoms with Crippen molar-refractivity contribution < 1.29 is 33.3 Å². The molecule has 0 radical (unpaired) electrons. The number of carbonyl (C=O) groups excluding carboxylic acids is 3. The minimum absolute atomic E-state index is 0.0848. The third-order valence-electron chi connectivity index (χ3n) is 6.62. The zero-order valence-corrected chi connectivity index (χ0v) is 25.5. The van der Waals surface area contributed by atoms with Crippen LogP contribution in [0.1, 0.15) is 44.3 Å². The Morgan fingerprint density at radius 3 is 2.14 bits per heavy atom. The maximum Gasteiger partial charge on any atom is 0.273 e. The molecule has 0 aliphatic heterocycles. The Kier molecular flexibility index (Phi) is 10.2. The summed E-state index contributed by atoms with van der Waals surface area (Å²) in [6.45, 7) is 2.25. The number of primary amides is 1. The molecule has 5 N–H and O–H groups in total. The molecular weight excluding hydrogens is 586 g/mol. The molecule has 0 saturated carbocycles. The lowest BCUT2D eigenvalue weighted by atomic mass is 10.0. The van der Waals surface area contributed by atoms with E-state index in [1.165, 1.54) is 26.2 Å². The highest BCUT2D eigenvalue weighted by atomic mass is 32.1. The van der Waals surface area contributed by atoms with Crippen LogP contribution in [0.5, 0.6) is 23.0 Å². The predicted molar refractivity (Wildman–Crippen MR) is 167 cm³/mol. The van der Waals surface area contributed by atoms with Gasteiger partial charge in [0.25, 0.3) is 11.8 Å². The summed E-state index contributed by atoms with van der Waals surface area (Å²) >= 11 is 0.702. The highest BCUT2D eigenvalue weighted by Crippen LogP contribution is 2.43. The molecule has 0 aliphatic rings. The molecule has 4 rings (SSSR count). The van der Waals surface area contributed by atoms with E-state index < -0.39 is 23.8 Å². The Morgan fingerprint density at radius 1 is 0.932 bits per heavy atom. The average Bonchev–Trinajstić information content (AvgIpc) is 3.43. The first-order valence-corrected chi connectivity index (χ1v) is 14.2. The first-order valence-electron chi connectivity index (χ1n) is 13.5. The van der Waals surface area contributed by atoms with E-state index in [-0.39, 0.29) is 46.6 Å². The van der Waals surface area contributed by atoms with E-state index in [1.54, 1.807) is 43.3 Å². The van der Waals surface area contributed by atoms with Gasteiger partial charge in [-0.05, 0) is 53.8 Å². The number of hydrogen-bond donors (Lipinski definition) is 3. The fraction of sp³-hybridized carbons (Fsp3) is 0.226. The van der Waals surface area contributed by atoms with Crippen LogP contribution in [-0.4, -0.2) is 50.0 Å². The van der Waals surface area contributed by atoms with Crippen molar-refractivity contribution in [2.45, 2.75) is 19.5 Å². The molecule has 12 nitrogen and oxygen atoms in total. The van der Waals surface area contributed by atoms with Crippen molar-refractivity contribution in [2.75, 3.05) is 38.6 Å². The molecule has 1 atom stereocenters. The van der Waals surface area contributed by atoms with Gasteiger partial charge in [-0.3, -0.25) is 19.3 Å². The molecule has 0 fully saturated rings. The molecule has 3 aromatic carbocycles. The van der Waals surface area contributed by atoms with Gasteiger partial charge < -0.3 is 35.7 Å². The van der Waals surface area contributed by atoms with Crippen molar-refractivity contribution in [1.29, 1.82) is 0 Å². The van der Waals surface area contributed by atoms with Gasteiger partial charge in [0.2, 0.25) is 11.7 Å². The molecule has 0 saturated heterocycles. The second-order valence-corrected chi connectivity index (χ2v) is 10.1. The number of benzene rings is 3. The lowest BCUT2D eigenvalue weighted by molar-refractivity contribution is -0.122. The van der Waals surface area contributed by atoms with Crippen LogP contribution in [0.15, 0.2) is 66.7 Å². The number of para-hydroxylation sites is 2. The number of nitrogens with one attached hydrogen (secondary N) is 1. The quantitative estimate of drug-likeness (QED) is 0.201. The standard InChI is InChI=1S/C31H33N5O7S/c1-5-43-21-14-10-9-13-20(21)36(31(39)28-24(32)25(29(33)37)35-44-28)26(30(38)34-17-18-11-7-6-8-12-18)19-15-22(40-2)27(42-4)23(16-19)41-3/h6-16,26H,5,17,32H2,1-4H3,(H2,33,37)(H,34,38)/t26-/m0/s1. The molecule has 44 heavy (non-hydrogen) atoms. The molecule has 230 valence electrons. The summed E-state index contributed by atoms with van der Waals surface area (Å²) in [4.78, 5) is 42.0. The highest BCUT2D eigenvalue weighted by molar-refractivity contribution is 7.09. The van der Waals surface area contributed by atoms with Gasteiger partial charge in [0.15, 0.2) is 17.2 Å². The van der Waals surface area contributed by atoms with Crippen molar-refractivity contribution >= 4 is 40.6 Å². The topological polar surface area (TPSA) is 168 Å². The van der Waals surface area contributed by atoms with Crippen molar-refractivity contribution in [3.05, 3.63) is 88.4 Å². The van der Waals surface area contributed by atoms with Crippen LogP contribution in [-0.2, 0) is 11.3 Å². The van der Waals surface area contributed by atoms with E-state index in [0.717, 1.165) is 5.56 Å². The second-order valence-electron chi connectivity index (χ2n) is 9.28. The first-order chi connectivity index (χ1) is 21.2. The van der Waals surface area contributed by atoms with Crippen molar-refractivity contribution in [3.8, 4) is 23.0 Å². The van der Waals surface area contributed by atoms with Crippen LogP contribution < -0.4 is 40.6 Å². The minimum Gasteiger partial charge on any atom is -0.493 e. The number of nitrogens with two attached hydrogens (primary N) is 2. The van der Waals surface area contributed by atoms with E-state index in [4.69, 9.17) is 30.4 Å². The predicted octanol–water partition coefficient (Wildman–Crippen LogP) is 3.95. The lowest BCUT2D eigenvalue weighted by Crippen LogP contribution is -2.44. The molecule has 3 amide bonds. The number of ether oxygens (including phenoxy) is 4. The fourth-order valence-electron chi connectivity index (χ4n) is 4.60. The Balaban J connectivity index is 1.98. The third-order valence-corrected chi connectivity index (χ3v) is 7.47.